The maximum atomic E-state index is 13.6. The van der Waals surface area contributed by atoms with Crippen LogP contribution in [0.25, 0.3) is 27.8 Å². The van der Waals surface area contributed by atoms with Gasteiger partial charge in [0.2, 0.25) is 10.0 Å². The van der Waals surface area contributed by atoms with Gasteiger partial charge in [0, 0.05) is 24.7 Å². The van der Waals surface area contributed by atoms with E-state index >= 15 is 0 Å². The first kappa shape index (κ1) is 30.0. The number of alkyl halides is 3. The summed E-state index contributed by atoms with van der Waals surface area (Å²) in [5, 5.41) is 14.4. The lowest BCUT2D eigenvalue weighted by molar-refractivity contribution is -0.137. The van der Waals surface area contributed by atoms with Crippen LogP contribution in [0.15, 0.2) is 54.6 Å². The van der Waals surface area contributed by atoms with Gasteiger partial charge in [-0.25, -0.2) is 22.8 Å². The second-order valence-corrected chi connectivity index (χ2v) is 12.6. The minimum Gasteiger partial charge on any atom is -0.371 e. The number of halogens is 3. The van der Waals surface area contributed by atoms with E-state index in [0.717, 1.165) is 50.0 Å². The highest BCUT2D eigenvalue weighted by molar-refractivity contribution is 7.89. The number of hydrogen-bond acceptors (Lipinski definition) is 7. The van der Waals surface area contributed by atoms with E-state index in [1.807, 2.05) is 42.8 Å². The Morgan fingerprint density at radius 3 is 2.33 bits per heavy atom. The number of rotatable bonds is 6. The molecule has 0 radical (unpaired) electrons. The first-order chi connectivity index (χ1) is 20.2. The maximum Gasteiger partial charge on any atom is 0.416 e. The number of nitrogens with one attached hydrogen (secondary N) is 1. The molecule has 1 aliphatic heterocycles. The molecule has 0 unspecified atom stereocenters. The van der Waals surface area contributed by atoms with E-state index in [4.69, 9.17) is 0 Å². The number of fused-ring (bicyclic) bond motifs is 1. The Morgan fingerprint density at radius 2 is 1.74 bits per heavy atom. The van der Waals surface area contributed by atoms with E-state index in [1.165, 1.54) is 22.9 Å². The van der Waals surface area contributed by atoms with Crippen molar-refractivity contribution in [2.24, 2.45) is 5.92 Å². The first-order valence-corrected chi connectivity index (χ1v) is 15.5. The van der Waals surface area contributed by atoms with E-state index in [-0.39, 0.29) is 28.9 Å². The third kappa shape index (κ3) is 6.34. The van der Waals surface area contributed by atoms with Gasteiger partial charge in [0.15, 0.2) is 5.65 Å². The number of nitrogens with zero attached hydrogens (tertiary/aromatic N) is 5. The fourth-order valence-corrected chi connectivity index (χ4v) is 5.67. The number of carbonyl (C=O) groups is 1. The quantitative estimate of drug-likeness (QED) is 0.299. The van der Waals surface area contributed by atoms with Gasteiger partial charge >= 0.3 is 6.18 Å². The molecule has 0 atom stereocenters. The molecular weight excluding hydrogens is 581 g/mol. The maximum absolute atomic E-state index is 13.6. The molecule has 2 aromatic heterocycles. The topological polar surface area (TPSA) is 121 Å². The normalized spacial score (nSPS) is 14.7. The summed E-state index contributed by atoms with van der Waals surface area (Å²) < 4.78 is 67.6. The van der Waals surface area contributed by atoms with Gasteiger partial charge in [-0.3, -0.25) is 4.79 Å². The minimum absolute atomic E-state index is 0.0416. The van der Waals surface area contributed by atoms with Gasteiger partial charge in [-0.15, -0.1) is 0 Å². The van der Waals surface area contributed by atoms with E-state index < -0.39 is 27.7 Å². The number of sulfonamides is 1. The molecule has 5 rings (SSSR count). The second kappa shape index (κ2) is 11.3. The Hall–Kier alpha value is -4.44. The highest BCUT2D eigenvalue weighted by atomic mass is 32.2. The molecule has 2 aromatic carbocycles. The molecule has 4 aromatic rings. The van der Waals surface area contributed by atoms with E-state index in [9.17, 15) is 31.6 Å². The van der Waals surface area contributed by atoms with Crippen molar-refractivity contribution in [3.8, 4) is 22.9 Å². The van der Waals surface area contributed by atoms with Crippen molar-refractivity contribution >= 4 is 32.7 Å². The van der Waals surface area contributed by atoms with Gasteiger partial charge in [0.05, 0.1) is 34.7 Å². The molecule has 0 spiro atoms. The van der Waals surface area contributed by atoms with Crippen molar-refractivity contribution in [2.75, 3.05) is 24.2 Å². The Kier molecular flexibility index (Phi) is 7.91. The van der Waals surface area contributed by atoms with Gasteiger partial charge in [0.1, 0.15) is 5.69 Å². The predicted octanol–water partition coefficient (Wildman–Crippen LogP) is 5.66. The number of anilines is 1. The lowest BCUT2D eigenvalue weighted by Crippen LogP contribution is -2.33. The molecule has 224 valence electrons. The number of aromatic nitrogens is 3. The molecule has 0 aliphatic carbocycles. The van der Waals surface area contributed by atoms with Gasteiger partial charge in [-0.2, -0.15) is 23.5 Å². The summed E-state index contributed by atoms with van der Waals surface area (Å²) in [5.41, 5.74) is 1.81. The van der Waals surface area contributed by atoms with Gasteiger partial charge in [-0.05, 0) is 66.3 Å². The fourth-order valence-electron chi connectivity index (χ4n) is 5.22. The second-order valence-electron chi connectivity index (χ2n) is 10.9. The summed E-state index contributed by atoms with van der Waals surface area (Å²) in [4.78, 5) is 19.6. The van der Waals surface area contributed by atoms with Crippen LogP contribution in [0.1, 0.15) is 54.4 Å². The molecule has 1 N–H and O–H groups in total. The van der Waals surface area contributed by atoms with E-state index in [0.29, 0.717) is 22.2 Å². The lowest BCUT2D eigenvalue weighted by Gasteiger charge is -2.31. The summed E-state index contributed by atoms with van der Waals surface area (Å²) in [6.45, 7) is 5.27. The predicted molar refractivity (Wildman–Crippen MR) is 156 cm³/mol. The smallest absolute Gasteiger partial charge is 0.371 e. The molecule has 1 aliphatic rings. The monoisotopic (exact) mass is 610 g/mol. The Morgan fingerprint density at radius 1 is 1.07 bits per heavy atom. The molecule has 0 saturated carbocycles. The lowest BCUT2D eigenvalue weighted by atomic mass is 9.96. The summed E-state index contributed by atoms with van der Waals surface area (Å²) in [6, 6.07) is 16.0. The number of piperidine rings is 1. The van der Waals surface area contributed by atoms with Crippen LogP contribution in [0.2, 0.25) is 0 Å². The third-order valence-corrected chi connectivity index (χ3v) is 7.92. The van der Waals surface area contributed by atoms with Crippen LogP contribution >= 0.6 is 0 Å². The van der Waals surface area contributed by atoms with Gasteiger partial charge < -0.3 is 4.90 Å². The summed E-state index contributed by atoms with van der Waals surface area (Å²) in [7, 11) is -3.93. The van der Waals surface area contributed by atoms with Crippen LogP contribution < -0.4 is 9.62 Å². The summed E-state index contributed by atoms with van der Waals surface area (Å²) >= 11 is 0. The molecular formula is C30H29F3N6O3S. The van der Waals surface area contributed by atoms with Crippen molar-refractivity contribution in [2.45, 2.75) is 38.8 Å². The van der Waals surface area contributed by atoms with E-state index in [1.54, 1.807) is 0 Å². The third-order valence-electron chi connectivity index (χ3n) is 7.36. The number of benzene rings is 2. The fraction of sp³-hybridized carbons (Fsp3) is 0.333. The molecule has 9 nitrogen and oxygen atoms in total. The van der Waals surface area contributed by atoms with Gasteiger partial charge in [0.25, 0.3) is 5.91 Å². The highest BCUT2D eigenvalue weighted by Gasteiger charge is 2.31. The molecule has 1 fully saturated rings. The van der Waals surface area contributed by atoms with Crippen LogP contribution in [0, 0.1) is 17.2 Å². The number of nitriles is 1. The number of pyridine rings is 1. The van der Waals surface area contributed by atoms with Crippen LogP contribution in [-0.2, 0) is 16.2 Å². The number of carbonyl (C=O) groups excluding carboxylic acids is 1. The van der Waals surface area contributed by atoms with Crippen molar-refractivity contribution in [1.29, 1.82) is 5.26 Å². The van der Waals surface area contributed by atoms with Crippen LogP contribution in [-0.4, -0.2) is 48.4 Å². The standard InChI is InChI=1S/C30H29F3N6O3S/c1-18(2)27-26-24(20-7-9-22(10-8-20)38-13-11-19(17-34)12-14-38)16-25(29(40)37-43(3,41)42)35-28(26)39(36-27)23-6-4-5-21(15-23)30(31,32)33/h4-10,15-16,18-19H,11-14H2,1-3H3,(H,37,40). The zero-order valence-corrected chi connectivity index (χ0v) is 24.5. The average molecular weight is 611 g/mol. The van der Waals surface area contributed by atoms with Crippen molar-refractivity contribution in [3.63, 3.8) is 0 Å². The highest BCUT2D eigenvalue weighted by Crippen LogP contribution is 2.37. The Labute approximate surface area is 247 Å². The Bertz CT molecular complexity index is 1840. The van der Waals surface area contributed by atoms with Crippen LogP contribution in [0.5, 0.6) is 0 Å². The summed E-state index contributed by atoms with van der Waals surface area (Å²) in [5.74, 6) is -1.11. The minimum atomic E-state index is -4.59. The molecule has 43 heavy (non-hydrogen) atoms. The number of amides is 1. The van der Waals surface area contributed by atoms with Crippen LogP contribution in [0.3, 0.4) is 0 Å². The van der Waals surface area contributed by atoms with Crippen molar-refractivity contribution in [3.05, 3.63) is 71.5 Å². The molecule has 3 heterocycles. The van der Waals surface area contributed by atoms with Crippen molar-refractivity contribution in [1.82, 2.24) is 19.5 Å². The summed E-state index contributed by atoms with van der Waals surface area (Å²) in [6.07, 6.45) is -2.21. The Balaban J connectivity index is 1.70. The zero-order chi connectivity index (χ0) is 31.1. The van der Waals surface area contributed by atoms with Gasteiger partial charge in [-0.1, -0.05) is 32.0 Å². The average Bonchev–Trinajstić information content (AvgIpc) is 3.36. The van der Waals surface area contributed by atoms with Crippen molar-refractivity contribution < 1.29 is 26.4 Å². The molecule has 1 amide bonds. The van der Waals surface area contributed by atoms with Crippen LogP contribution in [0.4, 0.5) is 18.9 Å². The molecule has 13 heteroatoms. The molecule has 1 saturated heterocycles. The first-order valence-electron chi connectivity index (χ1n) is 13.6. The SMILES string of the molecule is CC(C)c1nn(-c2cccc(C(F)(F)F)c2)c2nc(C(=O)NS(C)(=O)=O)cc(-c3ccc(N4CCC(C#N)CC4)cc3)c12. The van der Waals surface area contributed by atoms with E-state index in [2.05, 4.69) is 21.1 Å². The number of hydrogen-bond donors (Lipinski definition) is 1. The zero-order valence-electron chi connectivity index (χ0n) is 23.7. The molecule has 0 bridgehead atoms. The largest absolute Gasteiger partial charge is 0.416 e.